The minimum Gasteiger partial charge on any atom is -0.495 e. The van der Waals surface area contributed by atoms with Gasteiger partial charge in [0.2, 0.25) is 0 Å². The van der Waals surface area contributed by atoms with Crippen molar-refractivity contribution >= 4 is 23.3 Å². The van der Waals surface area contributed by atoms with E-state index in [0.717, 1.165) is 11.4 Å². The van der Waals surface area contributed by atoms with Crippen molar-refractivity contribution in [2.75, 3.05) is 18.7 Å². The van der Waals surface area contributed by atoms with E-state index in [1.165, 1.54) is 11.8 Å². The molecule has 0 radical (unpaired) electrons. The third-order valence-electron chi connectivity index (χ3n) is 2.56. The van der Waals surface area contributed by atoms with Crippen LogP contribution in [-0.4, -0.2) is 28.4 Å². The zero-order valence-electron chi connectivity index (χ0n) is 10.8. The maximum absolute atomic E-state index is 9.33. The molecule has 0 aliphatic carbocycles. The zero-order chi connectivity index (χ0) is 13.7. The fourth-order valence-corrected chi connectivity index (χ4v) is 1.93. The first-order chi connectivity index (χ1) is 9.28. The highest BCUT2D eigenvalue weighted by Gasteiger charge is 2.09. The van der Waals surface area contributed by atoms with Gasteiger partial charge < -0.3 is 15.2 Å². The number of hydrogen-bond donors (Lipinski definition) is 2. The average molecular weight is 277 g/mol. The fraction of sp³-hybridized carbons (Fsp3) is 0.231. The molecule has 100 valence electrons. The summed E-state index contributed by atoms with van der Waals surface area (Å²) >= 11 is 1.45. The molecule has 0 spiro atoms. The smallest absolute Gasteiger partial charge is 0.189 e. The van der Waals surface area contributed by atoms with Gasteiger partial charge in [0.25, 0.3) is 0 Å². The second kappa shape index (κ2) is 6.40. The number of benzene rings is 1. The Hall–Kier alpha value is -1.79. The first-order valence-corrected chi connectivity index (χ1v) is 6.91. The van der Waals surface area contributed by atoms with Gasteiger partial charge in [0.1, 0.15) is 11.6 Å². The highest BCUT2D eigenvalue weighted by molar-refractivity contribution is 7.98. The number of ether oxygens (including phenoxy) is 1. The molecule has 6 heteroatoms. The third-order valence-corrected chi connectivity index (χ3v) is 3.12. The van der Waals surface area contributed by atoms with Crippen molar-refractivity contribution in [2.45, 2.75) is 11.8 Å². The van der Waals surface area contributed by atoms with E-state index < -0.39 is 0 Å². The highest BCUT2D eigenvalue weighted by atomic mass is 32.2. The predicted molar refractivity (Wildman–Crippen MR) is 76.0 cm³/mol. The van der Waals surface area contributed by atoms with Crippen LogP contribution in [0.3, 0.4) is 0 Å². The molecule has 0 unspecified atom stereocenters. The normalized spacial score (nSPS) is 10.3. The van der Waals surface area contributed by atoms with Gasteiger partial charge in [-0.05, 0) is 18.4 Å². The zero-order valence-corrected chi connectivity index (χ0v) is 11.6. The third kappa shape index (κ3) is 3.15. The van der Waals surface area contributed by atoms with Gasteiger partial charge in [-0.15, -0.1) is 0 Å². The molecular formula is C13H15N3O2S. The summed E-state index contributed by atoms with van der Waals surface area (Å²) in [5, 5.41) is 13.1. The summed E-state index contributed by atoms with van der Waals surface area (Å²) in [5.74, 6) is 1.31. The number of nitrogens with zero attached hydrogens (tertiary/aromatic N) is 2. The highest BCUT2D eigenvalue weighted by Crippen LogP contribution is 2.28. The molecule has 0 saturated carbocycles. The molecule has 1 aromatic heterocycles. The Morgan fingerprint density at radius 2 is 2.16 bits per heavy atom. The van der Waals surface area contributed by atoms with Gasteiger partial charge in [0, 0.05) is 11.8 Å². The number of para-hydroxylation sites is 2. The SMILES string of the molecule is COc1ccccc1Nc1nc(SC)ncc1CO. The summed E-state index contributed by atoms with van der Waals surface area (Å²) in [6.07, 6.45) is 3.53. The molecule has 2 N–H and O–H groups in total. The molecule has 0 bridgehead atoms. The number of nitrogens with one attached hydrogen (secondary N) is 1. The molecule has 1 heterocycles. The Bertz CT molecular complexity index is 563. The Morgan fingerprint density at radius 3 is 2.84 bits per heavy atom. The molecule has 0 aliphatic rings. The van der Waals surface area contributed by atoms with Crippen molar-refractivity contribution in [1.82, 2.24) is 9.97 Å². The molecule has 2 rings (SSSR count). The molecule has 0 fully saturated rings. The van der Waals surface area contributed by atoms with Crippen molar-refractivity contribution in [3.8, 4) is 5.75 Å². The van der Waals surface area contributed by atoms with Gasteiger partial charge in [-0.25, -0.2) is 9.97 Å². The Kier molecular flexibility index (Phi) is 4.59. The lowest BCUT2D eigenvalue weighted by molar-refractivity contribution is 0.281. The number of hydrogen-bond acceptors (Lipinski definition) is 6. The van der Waals surface area contributed by atoms with Crippen LogP contribution in [0.15, 0.2) is 35.6 Å². The Morgan fingerprint density at radius 1 is 1.37 bits per heavy atom. The molecule has 1 aromatic carbocycles. The van der Waals surface area contributed by atoms with Crippen LogP contribution in [0.2, 0.25) is 0 Å². The van der Waals surface area contributed by atoms with Gasteiger partial charge in [-0.2, -0.15) is 0 Å². The molecule has 0 amide bonds. The first-order valence-electron chi connectivity index (χ1n) is 5.69. The van der Waals surface area contributed by atoms with E-state index in [2.05, 4.69) is 15.3 Å². The van der Waals surface area contributed by atoms with Gasteiger partial charge in [-0.1, -0.05) is 23.9 Å². The Balaban J connectivity index is 2.36. The van der Waals surface area contributed by atoms with Gasteiger partial charge in [0.15, 0.2) is 5.16 Å². The first kappa shape index (κ1) is 13.6. The number of anilines is 2. The van der Waals surface area contributed by atoms with Gasteiger partial charge in [0.05, 0.1) is 19.4 Å². The number of methoxy groups -OCH3 is 1. The summed E-state index contributed by atoms with van der Waals surface area (Å²) in [5.41, 5.74) is 1.44. The molecule has 0 atom stereocenters. The summed E-state index contributed by atoms with van der Waals surface area (Å²) in [6.45, 7) is -0.119. The number of rotatable bonds is 5. The predicted octanol–water partition coefficient (Wildman–Crippen LogP) is 2.44. The molecule has 5 nitrogen and oxygen atoms in total. The average Bonchev–Trinajstić information content (AvgIpc) is 2.47. The Labute approximate surface area is 116 Å². The fourth-order valence-electron chi connectivity index (χ4n) is 1.59. The maximum Gasteiger partial charge on any atom is 0.189 e. The lowest BCUT2D eigenvalue weighted by atomic mass is 10.2. The molecule has 19 heavy (non-hydrogen) atoms. The summed E-state index contributed by atoms with van der Waals surface area (Å²) in [6, 6.07) is 7.54. The standard InChI is InChI=1S/C13H15N3O2S/c1-18-11-6-4-3-5-10(11)15-12-9(8-17)7-14-13(16-12)19-2/h3-7,17H,8H2,1-2H3,(H,14,15,16). The van der Waals surface area contributed by atoms with E-state index in [0.29, 0.717) is 16.5 Å². The van der Waals surface area contributed by atoms with Crippen LogP contribution >= 0.6 is 11.8 Å². The maximum atomic E-state index is 9.33. The van der Waals surface area contributed by atoms with Crippen LogP contribution in [0.25, 0.3) is 0 Å². The minimum atomic E-state index is -0.119. The van der Waals surface area contributed by atoms with Crippen molar-refractivity contribution in [3.63, 3.8) is 0 Å². The van der Waals surface area contributed by atoms with Crippen LogP contribution in [0.1, 0.15) is 5.56 Å². The topological polar surface area (TPSA) is 67.3 Å². The van der Waals surface area contributed by atoms with E-state index in [4.69, 9.17) is 4.74 Å². The monoisotopic (exact) mass is 277 g/mol. The van der Waals surface area contributed by atoms with Crippen molar-refractivity contribution in [2.24, 2.45) is 0 Å². The quantitative estimate of drug-likeness (QED) is 0.646. The summed E-state index contributed by atoms with van der Waals surface area (Å²) < 4.78 is 5.27. The summed E-state index contributed by atoms with van der Waals surface area (Å²) in [7, 11) is 1.61. The second-order valence-corrected chi connectivity index (χ2v) is 4.49. The lowest BCUT2D eigenvalue weighted by Crippen LogP contribution is -2.03. The van der Waals surface area contributed by atoms with Gasteiger partial charge in [-0.3, -0.25) is 0 Å². The van der Waals surface area contributed by atoms with Crippen LogP contribution < -0.4 is 10.1 Å². The minimum absolute atomic E-state index is 0.119. The lowest BCUT2D eigenvalue weighted by Gasteiger charge is -2.13. The van der Waals surface area contributed by atoms with E-state index in [1.54, 1.807) is 13.3 Å². The largest absolute Gasteiger partial charge is 0.495 e. The van der Waals surface area contributed by atoms with Gasteiger partial charge >= 0.3 is 0 Å². The van der Waals surface area contributed by atoms with E-state index in [1.807, 2.05) is 30.5 Å². The van der Waals surface area contributed by atoms with Crippen LogP contribution in [0.4, 0.5) is 11.5 Å². The number of aromatic nitrogens is 2. The number of aliphatic hydroxyl groups is 1. The molecule has 0 aliphatic heterocycles. The van der Waals surface area contributed by atoms with Crippen molar-refractivity contribution in [1.29, 1.82) is 0 Å². The number of thioether (sulfide) groups is 1. The number of aliphatic hydroxyl groups excluding tert-OH is 1. The van der Waals surface area contributed by atoms with Crippen LogP contribution in [-0.2, 0) is 6.61 Å². The van der Waals surface area contributed by atoms with E-state index in [-0.39, 0.29) is 6.61 Å². The van der Waals surface area contributed by atoms with Crippen molar-refractivity contribution < 1.29 is 9.84 Å². The molecular weight excluding hydrogens is 262 g/mol. The van der Waals surface area contributed by atoms with Crippen molar-refractivity contribution in [3.05, 3.63) is 36.0 Å². The molecule has 0 saturated heterocycles. The summed E-state index contributed by atoms with van der Waals surface area (Å²) in [4.78, 5) is 8.49. The molecule has 2 aromatic rings. The second-order valence-electron chi connectivity index (χ2n) is 3.71. The van der Waals surface area contributed by atoms with Crippen LogP contribution in [0, 0.1) is 0 Å². The van der Waals surface area contributed by atoms with Crippen LogP contribution in [0.5, 0.6) is 5.75 Å². The van der Waals surface area contributed by atoms with E-state index in [9.17, 15) is 5.11 Å². The van der Waals surface area contributed by atoms with E-state index >= 15 is 0 Å².